The summed E-state index contributed by atoms with van der Waals surface area (Å²) in [6.07, 6.45) is 2.29. The van der Waals surface area contributed by atoms with Gasteiger partial charge in [0.15, 0.2) is 0 Å². The van der Waals surface area contributed by atoms with Crippen molar-refractivity contribution in [3.05, 3.63) is 35.0 Å². The van der Waals surface area contributed by atoms with Crippen LogP contribution in [0, 0.1) is 0 Å². The number of anilines is 3. The number of hydrogen-bond donors (Lipinski definition) is 3. The summed E-state index contributed by atoms with van der Waals surface area (Å²) in [5, 5.41) is 16.2. The van der Waals surface area contributed by atoms with Crippen LogP contribution in [0.4, 0.5) is 17.5 Å². The van der Waals surface area contributed by atoms with E-state index in [0.29, 0.717) is 28.5 Å². The maximum Gasteiger partial charge on any atom is 0.225 e. The zero-order valence-corrected chi connectivity index (χ0v) is 14.5. The summed E-state index contributed by atoms with van der Waals surface area (Å²) in [6, 6.07) is 7.21. The first kappa shape index (κ1) is 16.8. The van der Waals surface area contributed by atoms with Crippen molar-refractivity contribution in [2.75, 3.05) is 24.4 Å². The van der Waals surface area contributed by atoms with Crippen molar-refractivity contribution in [3.8, 4) is 5.75 Å². The molecule has 0 aliphatic heterocycles. The first-order chi connectivity index (χ1) is 11.6. The Morgan fingerprint density at radius 2 is 2.12 bits per heavy atom. The molecule has 1 aliphatic carbocycles. The lowest BCUT2D eigenvalue weighted by atomic mass is 10.2. The molecular weight excluding hydrogens is 328 g/mol. The van der Waals surface area contributed by atoms with Gasteiger partial charge >= 0.3 is 0 Å². The van der Waals surface area contributed by atoms with Gasteiger partial charge in [-0.15, -0.1) is 0 Å². The summed E-state index contributed by atoms with van der Waals surface area (Å²) in [5.41, 5.74) is 1.74. The summed E-state index contributed by atoms with van der Waals surface area (Å²) < 4.78 is 5.36. The minimum Gasteiger partial charge on any atom is -0.495 e. The Bertz CT molecular complexity index is 722. The Balaban J connectivity index is 1.90. The fourth-order valence-corrected chi connectivity index (χ4v) is 2.54. The van der Waals surface area contributed by atoms with E-state index in [9.17, 15) is 5.11 Å². The van der Waals surface area contributed by atoms with Gasteiger partial charge in [0.25, 0.3) is 0 Å². The quantitative estimate of drug-likeness (QED) is 0.710. The molecule has 7 heteroatoms. The van der Waals surface area contributed by atoms with Crippen molar-refractivity contribution in [1.82, 2.24) is 9.97 Å². The van der Waals surface area contributed by atoms with E-state index in [1.807, 2.05) is 13.0 Å². The summed E-state index contributed by atoms with van der Waals surface area (Å²) in [7, 11) is 1.61. The number of methoxy groups -OCH3 is 1. The number of rotatable bonds is 7. The molecule has 1 aromatic heterocycles. The average molecular weight is 349 g/mol. The standard InChI is InChI=1S/C17H21ClN4O2/c1-10(9-23)19-17-21-13(11-3-4-11)8-16(22-17)20-14-7-12(18)5-6-15(14)24-2/h5-8,10-11,23H,3-4,9H2,1-2H3,(H2,19,20,21,22)/t10-/m1/s1. The van der Waals surface area contributed by atoms with Gasteiger partial charge in [0.05, 0.1) is 25.1 Å². The molecule has 3 N–H and O–H groups in total. The zero-order chi connectivity index (χ0) is 17.1. The molecular formula is C17H21ClN4O2. The van der Waals surface area contributed by atoms with E-state index in [4.69, 9.17) is 16.3 Å². The third-order valence-corrected chi connectivity index (χ3v) is 4.05. The predicted octanol–water partition coefficient (Wildman–Crippen LogP) is 3.55. The highest BCUT2D eigenvalue weighted by molar-refractivity contribution is 6.31. The van der Waals surface area contributed by atoms with E-state index in [1.54, 1.807) is 25.3 Å². The third-order valence-electron chi connectivity index (χ3n) is 3.82. The van der Waals surface area contributed by atoms with E-state index in [2.05, 4.69) is 20.6 Å². The molecule has 0 bridgehead atoms. The van der Waals surface area contributed by atoms with Gasteiger partial charge in [-0.25, -0.2) is 4.98 Å². The van der Waals surface area contributed by atoms with Gasteiger partial charge in [-0.1, -0.05) is 11.6 Å². The maximum absolute atomic E-state index is 9.23. The fourth-order valence-electron chi connectivity index (χ4n) is 2.36. The molecule has 2 aromatic rings. The Morgan fingerprint density at radius 1 is 1.33 bits per heavy atom. The molecule has 3 rings (SSSR count). The van der Waals surface area contributed by atoms with Crippen molar-refractivity contribution in [1.29, 1.82) is 0 Å². The highest BCUT2D eigenvalue weighted by Gasteiger charge is 2.26. The van der Waals surface area contributed by atoms with Gasteiger partial charge in [-0.05, 0) is 38.0 Å². The van der Waals surface area contributed by atoms with Gasteiger partial charge < -0.3 is 20.5 Å². The van der Waals surface area contributed by atoms with Gasteiger partial charge in [0, 0.05) is 23.0 Å². The second kappa shape index (κ2) is 7.23. The largest absolute Gasteiger partial charge is 0.495 e. The third kappa shape index (κ3) is 4.07. The molecule has 128 valence electrons. The minimum absolute atomic E-state index is 0.0158. The molecule has 1 heterocycles. The van der Waals surface area contributed by atoms with Gasteiger partial charge in [-0.2, -0.15) is 4.98 Å². The maximum atomic E-state index is 9.23. The van der Waals surface area contributed by atoms with Crippen molar-refractivity contribution in [2.45, 2.75) is 31.7 Å². The SMILES string of the molecule is COc1ccc(Cl)cc1Nc1cc(C2CC2)nc(N[C@H](C)CO)n1. The van der Waals surface area contributed by atoms with Crippen molar-refractivity contribution < 1.29 is 9.84 Å². The predicted molar refractivity (Wildman–Crippen MR) is 95.5 cm³/mol. The summed E-state index contributed by atoms with van der Waals surface area (Å²) in [6.45, 7) is 1.89. The highest BCUT2D eigenvalue weighted by atomic mass is 35.5. The van der Waals surface area contributed by atoms with E-state index >= 15 is 0 Å². The molecule has 1 saturated carbocycles. The summed E-state index contributed by atoms with van der Waals surface area (Å²) in [4.78, 5) is 9.04. The van der Waals surface area contributed by atoms with Crippen LogP contribution in [0.15, 0.2) is 24.3 Å². The van der Waals surface area contributed by atoms with Crippen LogP contribution < -0.4 is 15.4 Å². The van der Waals surface area contributed by atoms with Crippen LogP contribution in [0.1, 0.15) is 31.4 Å². The number of aromatic nitrogens is 2. The molecule has 0 saturated heterocycles. The van der Waals surface area contributed by atoms with Crippen LogP contribution in [-0.2, 0) is 0 Å². The first-order valence-corrected chi connectivity index (χ1v) is 8.33. The second-order valence-corrected chi connectivity index (χ2v) is 6.41. The van der Waals surface area contributed by atoms with Crippen LogP contribution in [0.3, 0.4) is 0 Å². The molecule has 1 aliphatic rings. The monoisotopic (exact) mass is 348 g/mol. The number of halogens is 1. The average Bonchev–Trinajstić information content (AvgIpc) is 3.39. The van der Waals surface area contributed by atoms with Crippen molar-refractivity contribution >= 4 is 29.1 Å². The Hall–Kier alpha value is -2.05. The van der Waals surface area contributed by atoms with Crippen LogP contribution in [0.5, 0.6) is 5.75 Å². The van der Waals surface area contributed by atoms with E-state index in [0.717, 1.165) is 24.2 Å². The van der Waals surface area contributed by atoms with E-state index in [-0.39, 0.29) is 12.6 Å². The molecule has 1 fully saturated rings. The van der Waals surface area contributed by atoms with Gasteiger partial charge in [-0.3, -0.25) is 0 Å². The first-order valence-electron chi connectivity index (χ1n) is 7.96. The lowest BCUT2D eigenvalue weighted by Crippen LogP contribution is -2.21. The lowest BCUT2D eigenvalue weighted by Gasteiger charge is -2.15. The zero-order valence-electron chi connectivity index (χ0n) is 13.7. The highest BCUT2D eigenvalue weighted by Crippen LogP contribution is 2.40. The van der Waals surface area contributed by atoms with Gasteiger partial charge in [0.2, 0.25) is 5.95 Å². The smallest absolute Gasteiger partial charge is 0.225 e. The lowest BCUT2D eigenvalue weighted by molar-refractivity contribution is 0.281. The molecule has 24 heavy (non-hydrogen) atoms. The van der Waals surface area contributed by atoms with Crippen molar-refractivity contribution in [3.63, 3.8) is 0 Å². The van der Waals surface area contributed by atoms with E-state index < -0.39 is 0 Å². The molecule has 0 radical (unpaired) electrons. The van der Waals surface area contributed by atoms with E-state index in [1.165, 1.54) is 0 Å². The number of ether oxygens (including phenoxy) is 1. The Kier molecular flexibility index (Phi) is 5.06. The minimum atomic E-state index is -0.118. The Morgan fingerprint density at radius 3 is 2.79 bits per heavy atom. The van der Waals surface area contributed by atoms with Crippen LogP contribution >= 0.6 is 11.6 Å². The van der Waals surface area contributed by atoms with Crippen LogP contribution in [-0.4, -0.2) is 34.8 Å². The van der Waals surface area contributed by atoms with Crippen LogP contribution in [0.2, 0.25) is 5.02 Å². The second-order valence-electron chi connectivity index (χ2n) is 5.97. The molecule has 0 amide bonds. The molecule has 0 unspecified atom stereocenters. The number of nitrogens with one attached hydrogen (secondary N) is 2. The fraction of sp³-hybridized carbons (Fsp3) is 0.412. The summed E-state index contributed by atoms with van der Waals surface area (Å²) in [5.74, 6) is 2.34. The molecule has 1 atom stereocenters. The van der Waals surface area contributed by atoms with Crippen molar-refractivity contribution in [2.24, 2.45) is 0 Å². The Labute approximate surface area is 146 Å². The number of benzene rings is 1. The summed E-state index contributed by atoms with van der Waals surface area (Å²) >= 11 is 6.08. The normalized spacial score (nSPS) is 15.0. The number of aliphatic hydroxyl groups excluding tert-OH is 1. The number of aliphatic hydroxyl groups is 1. The topological polar surface area (TPSA) is 79.3 Å². The molecule has 0 spiro atoms. The number of hydrogen-bond acceptors (Lipinski definition) is 6. The number of nitrogens with zero attached hydrogens (tertiary/aromatic N) is 2. The molecule has 6 nitrogen and oxygen atoms in total. The van der Waals surface area contributed by atoms with Crippen LogP contribution in [0.25, 0.3) is 0 Å². The molecule has 1 aromatic carbocycles. The van der Waals surface area contributed by atoms with Gasteiger partial charge in [0.1, 0.15) is 11.6 Å².